The van der Waals surface area contributed by atoms with Gasteiger partial charge in [0, 0.05) is 31.3 Å². The van der Waals surface area contributed by atoms with Crippen LogP contribution in [0.25, 0.3) is 0 Å². The van der Waals surface area contributed by atoms with E-state index in [-0.39, 0.29) is 0 Å². The van der Waals surface area contributed by atoms with Crippen molar-refractivity contribution in [2.45, 2.75) is 39.2 Å². The molecule has 1 rings (SSSR count). The second kappa shape index (κ2) is 7.76. The predicted molar refractivity (Wildman–Crippen MR) is 69.0 cm³/mol. The number of methoxy groups -OCH3 is 1. The third-order valence-electron chi connectivity index (χ3n) is 2.37. The molecule has 0 unspecified atom stereocenters. The number of nitrogens with zero attached hydrogens (tertiary/aromatic N) is 1. The molecular formula is C12H22N2OS. The van der Waals surface area contributed by atoms with Gasteiger partial charge in [-0.05, 0) is 25.3 Å². The van der Waals surface area contributed by atoms with Crippen LogP contribution < -0.4 is 5.32 Å². The second-order valence-corrected chi connectivity index (χ2v) is 5.33. The average molecular weight is 242 g/mol. The summed E-state index contributed by atoms with van der Waals surface area (Å²) in [7, 11) is 1.75. The van der Waals surface area contributed by atoms with Crippen LogP contribution in [-0.2, 0) is 11.3 Å². The molecule has 0 aliphatic rings. The van der Waals surface area contributed by atoms with Gasteiger partial charge in [-0.1, -0.05) is 13.8 Å². The van der Waals surface area contributed by atoms with Gasteiger partial charge >= 0.3 is 0 Å². The van der Waals surface area contributed by atoms with Crippen LogP contribution in [0.5, 0.6) is 0 Å². The molecule has 92 valence electrons. The maximum absolute atomic E-state index is 5.00. The van der Waals surface area contributed by atoms with E-state index in [2.05, 4.69) is 24.1 Å². The Bertz CT molecular complexity index is 286. The Morgan fingerprint density at radius 3 is 2.88 bits per heavy atom. The summed E-state index contributed by atoms with van der Waals surface area (Å²) >= 11 is 1.81. The van der Waals surface area contributed by atoms with Crippen molar-refractivity contribution in [2.24, 2.45) is 0 Å². The van der Waals surface area contributed by atoms with Crippen molar-refractivity contribution in [2.75, 3.05) is 20.3 Å². The molecule has 0 aliphatic heterocycles. The minimum Gasteiger partial charge on any atom is -0.385 e. The summed E-state index contributed by atoms with van der Waals surface area (Å²) in [5.74, 6) is 0.591. The predicted octanol–water partition coefficient (Wildman–Crippen LogP) is 2.78. The van der Waals surface area contributed by atoms with E-state index in [1.807, 2.05) is 17.5 Å². The second-order valence-electron chi connectivity index (χ2n) is 4.19. The molecule has 4 heteroatoms. The van der Waals surface area contributed by atoms with Crippen molar-refractivity contribution < 1.29 is 4.74 Å². The van der Waals surface area contributed by atoms with Gasteiger partial charge < -0.3 is 10.1 Å². The quantitative estimate of drug-likeness (QED) is 0.712. The van der Waals surface area contributed by atoms with Crippen LogP contribution in [-0.4, -0.2) is 25.2 Å². The maximum atomic E-state index is 5.00. The van der Waals surface area contributed by atoms with Crippen LogP contribution in [0, 0.1) is 0 Å². The van der Waals surface area contributed by atoms with Gasteiger partial charge in [-0.2, -0.15) is 0 Å². The van der Waals surface area contributed by atoms with Crippen molar-refractivity contribution in [3.8, 4) is 0 Å². The molecule has 0 atom stereocenters. The lowest BCUT2D eigenvalue weighted by Gasteiger charge is -2.02. The van der Waals surface area contributed by atoms with Gasteiger partial charge in [-0.3, -0.25) is 0 Å². The van der Waals surface area contributed by atoms with Gasteiger partial charge in [0.15, 0.2) is 0 Å². The van der Waals surface area contributed by atoms with Crippen molar-refractivity contribution in [3.05, 3.63) is 16.1 Å². The highest BCUT2D eigenvalue weighted by Gasteiger charge is 2.04. The number of rotatable bonds is 8. The smallest absolute Gasteiger partial charge is 0.107 e. The molecule has 1 aromatic heterocycles. The van der Waals surface area contributed by atoms with Crippen LogP contribution in [0.15, 0.2) is 6.20 Å². The maximum Gasteiger partial charge on any atom is 0.107 e. The summed E-state index contributed by atoms with van der Waals surface area (Å²) < 4.78 is 5.00. The molecule has 0 saturated heterocycles. The lowest BCUT2D eigenvalue weighted by Crippen LogP contribution is -2.14. The molecule has 0 amide bonds. The Labute approximate surface area is 102 Å². The highest BCUT2D eigenvalue weighted by atomic mass is 32.1. The zero-order valence-electron chi connectivity index (χ0n) is 10.5. The van der Waals surface area contributed by atoms with Gasteiger partial charge in [-0.15, -0.1) is 11.3 Å². The average Bonchev–Trinajstić information content (AvgIpc) is 2.72. The Balaban J connectivity index is 2.12. The van der Waals surface area contributed by atoms with Crippen LogP contribution in [0.1, 0.15) is 42.5 Å². The number of thiazole rings is 1. The van der Waals surface area contributed by atoms with Gasteiger partial charge in [0.2, 0.25) is 0 Å². The molecule has 1 N–H and O–H groups in total. The van der Waals surface area contributed by atoms with Crippen molar-refractivity contribution in [3.63, 3.8) is 0 Å². The van der Waals surface area contributed by atoms with Crippen LogP contribution >= 0.6 is 11.3 Å². The summed E-state index contributed by atoms with van der Waals surface area (Å²) in [4.78, 5) is 5.77. The molecule has 3 nitrogen and oxygen atoms in total. The molecule has 0 fully saturated rings. The number of aromatic nitrogens is 1. The number of ether oxygens (including phenoxy) is 1. The highest BCUT2D eigenvalue weighted by molar-refractivity contribution is 7.11. The standard InChI is InChI=1S/C12H22N2OS/c1-10(2)11-8-14-12(16-11)9-13-6-4-5-7-15-3/h8,10,13H,4-7,9H2,1-3H3. The number of unbranched alkanes of at least 4 members (excludes halogenated alkanes) is 1. The first-order valence-electron chi connectivity index (χ1n) is 5.88. The molecule has 16 heavy (non-hydrogen) atoms. The molecule has 0 bridgehead atoms. The van der Waals surface area contributed by atoms with E-state index < -0.39 is 0 Å². The largest absolute Gasteiger partial charge is 0.385 e. The third-order valence-corrected chi connectivity index (χ3v) is 3.67. The Morgan fingerprint density at radius 2 is 2.25 bits per heavy atom. The first kappa shape index (κ1) is 13.6. The van der Waals surface area contributed by atoms with Crippen molar-refractivity contribution in [1.29, 1.82) is 0 Å². The minimum atomic E-state index is 0.591. The van der Waals surface area contributed by atoms with E-state index in [4.69, 9.17) is 4.74 Å². The Morgan fingerprint density at radius 1 is 1.44 bits per heavy atom. The Hall–Kier alpha value is -0.450. The zero-order chi connectivity index (χ0) is 11.8. The summed E-state index contributed by atoms with van der Waals surface area (Å²) in [6, 6.07) is 0. The number of nitrogens with one attached hydrogen (secondary N) is 1. The molecule has 0 spiro atoms. The zero-order valence-corrected chi connectivity index (χ0v) is 11.3. The number of hydrogen-bond donors (Lipinski definition) is 1. The van der Waals surface area contributed by atoms with Crippen LogP contribution in [0.2, 0.25) is 0 Å². The van der Waals surface area contributed by atoms with E-state index in [1.165, 1.54) is 9.88 Å². The normalized spacial score (nSPS) is 11.2. The van der Waals surface area contributed by atoms with Gasteiger partial charge in [0.25, 0.3) is 0 Å². The third kappa shape index (κ3) is 5.05. The summed E-state index contributed by atoms with van der Waals surface area (Å²) in [6.07, 6.45) is 4.28. The molecule has 0 aromatic carbocycles. The fourth-order valence-corrected chi connectivity index (χ4v) is 2.26. The Kier molecular flexibility index (Phi) is 6.61. The number of hydrogen-bond acceptors (Lipinski definition) is 4. The molecule has 0 radical (unpaired) electrons. The molecule has 0 aliphatic carbocycles. The van der Waals surface area contributed by atoms with E-state index in [9.17, 15) is 0 Å². The first-order valence-corrected chi connectivity index (χ1v) is 6.70. The van der Waals surface area contributed by atoms with Crippen molar-refractivity contribution >= 4 is 11.3 Å². The van der Waals surface area contributed by atoms with Gasteiger partial charge in [0.05, 0.1) is 0 Å². The van der Waals surface area contributed by atoms with Gasteiger partial charge in [0.1, 0.15) is 5.01 Å². The van der Waals surface area contributed by atoms with Crippen molar-refractivity contribution in [1.82, 2.24) is 10.3 Å². The summed E-state index contributed by atoms with van der Waals surface area (Å²) in [5.41, 5.74) is 0. The summed E-state index contributed by atoms with van der Waals surface area (Å²) in [6.45, 7) is 7.20. The van der Waals surface area contributed by atoms with E-state index in [0.717, 1.165) is 32.5 Å². The SMILES string of the molecule is COCCCCNCc1ncc(C(C)C)s1. The molecular weight excluding hydrogens is 220 g/mol. The topological polar surface area (TPSA) is 34.1 Å². The van der Waals surface area contributed by atoms with Gasteiger partial charge in [-0.25, -0.2) is 4.98 Å². The lowest BCUT2D eigenvalue weighted by molar-refractivity contribution is 0.192. The minimum absolute atomic E-state index is 0.591. The lowest BCUT2D eigenvalue weighted by atomic mass is 10.2. The molecule has 0 saturated carbocycles. The van der Waals surface area contributed by atoms with Crippen LogP contribution in [0.3, 0.4) is 0 Å². The molecule has 1 aromatic rings. The summed E-state index contributed by atoms with van der Waals surface area (Å²) in [5, 5.41) is 4.60. The van der Waals surface area contributed by atoms with E-state index in [0.29, 0.717) is 5.92 Å². The fourth-order valence-electron chi connectivity index (χ4n) is 1.36. The van der Waals surface area contributed by atoms with Crippen LogP contribution in [0.4, 0.5) is 0 Å². The van der Waals surface area contributed by atoms with E-state index >= 15 is 0 Å². The first-order chi connectivity index (χ1) is 7.74. The monoisotopic (exact) mass is 242 g/mol. The highest BCUT2D eigenvalue weighted by Crippen LogP contribution is 2.21. The van der Waals surface area contributed by atoms with E-state index in [1.54, 1.807) is 7.11 Å². The molecule has 1 heterocycles. The fraction of sp³-hybridized carbons (Fsp3) is 0.750.